The summed E-state index contributed by atoms with van der Waals surface area (Å²) >= 11 is 0. The second kappa shape index (κ2) is 9.80. The van der Waals surface area contributed by atoms with Crippen LogP contribution in [0.5, 0.6) is 5.75 Å². The van der Waals surface area contributed by atoms with E-state index in [0.29, 0.717) is 13.1 Å². The lowest BCUT2D eigenvalue weighted by Crippen LogP contribution is -2.52. The molecule has 2 aromatic carbocycles. The molecule has 3 aromatic rings. The van der Waals surface area contributed by atoms with E-state index in [1.54, 1.807) is 9.47 Å². The van der Waals surface area contributed by atoms with Gasteiger partial charge in [-0.3, -0.25) is 14.4 Å². The van der Waals surface area contributed by atoms with Crippen LogP contribution in [0, 0.1) is 11.6 Å². The van der Waals surface area contributed by atoms with Crippen molar-refractivity contribution in [3.63, 3.8) is 0 Å². The highest BCUT2D eigenvalue weighted by Crippen LogP contribution is 2.36. The number of nitrogens with one attached hydrogen (secondary N) is 1. The summed E-state index contributed by atoms with van der Waals surface area (Å²) < 4.78 is 35.0. The van der Waals surface area contributed by atoms with Gasteiger partial charge in [0.1, 0.15) is 23.8 Å². The minimum Gasteiger partial charge on any atom is -0.483 e. The van der Waals surface area contributed by atoms with E-state index in [1.165, 1.54) is 12.3 Å². The maximum absolute atomic E-state index is 14.1. The van der Waals surface area contributed by atoms with Crippen LogP contribution in [0.4, 0.5) is 8.78 Å². The summed E-state index contributed by atoms with van der Waals surface area (Å²) in [5.41, 5.74) is -0.435. The van der Waals surface area contributed by atoms with E-state index in [1.807, 2.05) is 37.3 Å². The van der Waals surface area contributed by atoms with Crippen LogP contribution in [0.25, 0.3) is 0 Å². The molecule has 1 aromatic heterocycles. The summed E-state index contributed by atoms with van der Waals surface area (Å²) in [6, 6.07) is 12.3. The molecular formula is C28H27F2N3O4. The van der Waals surface area contributed by atoms with Crippen LogP contribution in [0.15, 0.2) is 59.5 Å². The Morgan fingerprint density at radius 1 is 1.11 bits per heavy atom. The summed E-state index contributed by atoms with van der Waals surface area (Å²) in [4.78, 5) is 42.0. The Kier molecular flexibility index (Phi) is 6.54. The second-order valence-corrected chi connectivity index (χ2v) is 9.79. The van der Waals surface area contributed by atoms with Crippen molar-refractivity contribution < 1.29 is 23.1 Å². The lowest BCUT2D eigenvalue weighted by atomic mass is 9.92. The molecule has 0 radical (unpaired) electrons. The van der Waals surface area contributed by atoms with Gasteiger partial charge in [-0.1, -0.05) is 36.4 Å². The first kappa shape index (κ1) is 24.7. The number of ether oxygens (including phenoxy) is 1. The zero-order chi connectivity index (χ0) is 26.2. The van der Waals surface area contributed by atoms with E-state index in [0.717, 1.165) is 37.0 Å². The van der Waals surface area contributed by atoms with Crippen molar-refractivity contribution in [2.45, 2.75) is 44.9 Å². The summed E-state index contributed by atoms with van der Waals surface area (Å²) in [7, 11) is 0. The first-order valence-corrected chi connectivity index (χ1v) is 12.2. The van der Waals surface area contributed by atoms with E-state index in [9.17, 15) is 23.2 Å². The fraction of sp³-hybridized carbons (Fsp3) is 0.321. The molecule has 9 heteroatoms. The van der Waals surface area contributed by atoms with Crippen molar-refractivity contribution >= 4 is 11.8 Å². The molecule has 2 amide bonds. The topological polar surface area (TPSA) is 80.6 Å². The van der Waals surface area contributed by atoms with Crippen molar-refractivity contribution in [3.8, 4) is 5.75 Å². The van der Waals surface area contributed by atoms with E-state index >= 15 is 0 Å². The van der Waals surface area contributed by atoms with Gasteiger partial charge in [-0.15, -0.1) is 0 Å². The Hall–Kier alpha value is -4.01. The highest BCUT2D eigenvalue weighted by Gasteiger charge is 2.43. The van der Waals surface area contributed by atoms with Crippen LogP contribution in [-0.2, 0) is 18.7 Å². The number of rotatable bonds is 6. The highest BCUT2D eigenvalue weighted by molar-refractivity contribution is 5.99. The third-order valence-corrected chi connectivity index (χ3v) is 7.09. The molecule has 192 valence electrons. The van der Waals surface area contributed by atoms with Gasteiger partial charge in [0.2, 0.25) is 5.43 Å². The van der Waals surface area contributed by atoms with E-state index in [4.69, 9.17) is 4.74 Å². The van der Waals surface area contributed by atoms with Crippen LogP contribution in [0.2, 0.25) is 0 Å². The number of carbonyl (C=O) groups is 2. The Labute approximate surface area is 212 Å². The SMILES string of the molecule is C[C@]12CCCCN(C1)C(=O)c1c(OCc3ccccc3)c(=O)c(C(=O)NCc3ccc(F)cc3F)cn12. The molecular weight excluding hydrogens is 480 g/mol. The average Bonchev–Trinajstić information content (AvgIpc) is 3.06. The molecule has 0 aliphatic carbocycles. The molecule has 1 fully saturated rings. The van der Waals surface area contributed by atoms with Crippen LogP contribution in [0.3, 0.4) is 0 Å². The Morgan fingerprint density at radius 2 is 1.89 bits per heavy atom. The number of carbonyl (C=O) groups excluding carboxylic acids is 2. The van der Waals surface area contributed by atoms with Crippen molar-refractivity contribution in [2.24, 2.45) is 0 Å². The number of nitrogens with zero attached hydrogens (tertiary/aromatic N) is 2. The standard InChI is InChI=1S/C28H27F2N3O4/c1-28-11-5-6-12-32(17-28)27(36)23-25(37-16-18-7-3-2-4-8-18)24(34)21(15-33(23)28)26(35)31-14-19-9-10-20(29)13-22(19)30/h2-4,7-10,13,15H,5-6,11-12,14,16-17H2,1H3,(H,31,35)/t28-/m0/s1. The Bertz CT molecular complexity index is 1420. The molecule has 37 heavy (non-hydrogen) atoms. The molecule has 1 saturated heterocycles. The fourth-order valence-corrected chi connectivity index (χ4v) is 5.08. The molecule has 0 spiro atoms. The van der Waals surface area contributed by atoms with E-state index in [2.05, 4.69) is 5.32 Å². The minimum atomic E-state index is -0.800. The summed E-state index contributed by atoms with van der Waals surface area (Å²) in [5, 5.41) is 2.55. The quantitative estimate of drug-likeness (QED) is 0.547. The van der Waals surface area contributed by atoms with Gasteiger partial charge in [0.15, 0.2) is 11.4 Å². The summed E-state index contributed by atoms with van der Waals surface area (Å²) in [6.45, 7) is 2.85. The van der Waals surface area contributed by atoms with Crippen molar-refractivity contribution in [1.29, 1.82) is 0 Å². The first-order valence-electron chi connectivity index (χ1n) is 12.2. The van der Waals surface area contributed by atoms with E-state index < -0.39 is 28.5 Å². The maximum Gasteiger partial charge on any atom is 0.274 e. The first-order chi connectivity index (χ1) is 17.8. The average molecular weight is 508 g/mol. The molecule has 1 atom stereocenters. The monoisotopic (exact) mass is 507 g/mol. The number of benzene rings is 2. The van der Waals surface area contributed by atoms with Gasteiger partial charge in [-0.05, 0) is 37.8 Å². The molecule has 5 rings (SSSR count). The van der Waals surface area contributed by atoms with Gasteiger partial charge in [-0.2, -0.15) is 0 Å². The molecule has 2 aliphatic rings. The molecule has 1 N–H and O–H groups in total. The largest absolute Gasteiger partial charge is 0.483 e. The predicted molar refractivity (Wildman–Crippen MR) is 132 cm³/mol. The third-order valence-electron chi connectivity index (χ3n) is 7.09. The third kappa shape index (κ3) is 4.73. The lowest BCUT2D eigenvalue weighted by molar-refractivity contribution is 0.0588. The number of fused-ring (bicyclic) bond motifs is 4. The Balaban J connectivity index is 1.55. The molecule has 0 unspecified atom stereocenters. The summed E-state index contributed by atoms with van der Waals surface area (Å²) in [5.74, 6) is -2.74. The van der Waals surface area contributed by atoms with Gasteiger partial charge < -0.3 is 19.5 Å². The van der Waals surface area contributed by atoms with Crippen LogP contribution in [0.1, 0.15) is 58.2 Å². The molecule has 2 bridgehead atoms. The molecule has 3 heterocycles. The highest BCUT2D eigenvalue weighted by atomic mass is 19.1. The normalized spacial score (nSPS) is 18.7. The zero-order valence-electron chi connectivity index (χ0n) is 20.4. The van der Waals surface area contributed by atoms with Crippen molar-refractivity contribution in [2.75, 3.05) is 13.1 Å². The number of hydrogen-bond acceptors (Lipinski definition) is 4. The fourth-order valence-electron chi connectivity index (χ4n) is 5.08. The number of pyridine rings is 1. The summed E-state index contributed by atoms with van der Waals surface area (Å²) in [6.07, 6.45) is 3.91. The second-order valence-electron chi connectivity index (χ2n) is 9.79. The van der Waals surface area contributed by atoms with Gasteiger partial charge in [-0.25, -0.2) is 8.78 Å². The van der Waals surface area contributed by atoms with E-state index in [-0.39, 0.29) is 41.6 Å². The smallest absolute Gasteiger partial charge is 0.274 e. The maximum atomic E-state index is 14.1. The van der Waals surface area contributed by atoms with Crippen LogP contribution >= 0.6 is 0 Å². The zero-order valence-corrected chi connectivity index (χ0v) is 20.4. The van der Waals surface area contributed by atoms with Gasteiger partial charge in [0.25, 0.3) is 11.8 Å². The number of halogens is 2. The predicted octanol–water partition coefficient (Wildman–Crippen LogP) is 3.99. The van der Waals surface area contributed by atoms with Gasteiger partial charge in [0, 0.05) is 37.5 Å². The van der Waals surface area contributed by atoms with Crippen LogP contribution in [-0.4, -0.2) is 34.4 Å². The number of aromatic nitrogens is 1. The minimum absolute atomic E-state index is 0.0406. The Morgan fingerprint density at radius 3 is 2.65 bits per heavy atom. The molecule has 0 saturated carbocycles. The van der Waals surface area contributed by atoms with Gasteiger partial charge in [0.05, 0.1) is 5.54 Å². The van der Waals surface area contributed by atoms with Gasteiger partial charge >= 0.3 is 0 Å². The molecule has 7 nitrogen and oxygen atoms in total. The molecule has 2 aliphatic heterocycles. The van der Waals surface area contributed by atoms with Crippen molar-refractivity contribution in [1.82, 2.24) is 14.8 Å². The van der Waals surface area contributed by atoms with Crippen molar-refractivity contribution in [3.05, 3.63) is 99.0 Å². The van der Waals surface area contributed by atoms with Crippen LogP contribution < -0.4 is 15.5 Å². The number of hydrogen-bond donors (Lipinski definition) is 1. The number of amides is 2. The lowest BCUT2D eigenvalue weighted by Gasteiger charge is -2.42.